The Morgan fingerprint density at radius 2 is 1.38 bits per heavy atom. The molecular weight excluding hydrogens is 452 g/mol. The monoisotopic (exact) mass is 480 g/mol. The number of benzene rings is 3. The molecule has 1 saturated heterocycles. The molecule has 34 heavy (non-hydrogen) atoms. The first kappa shape index (κ1) is 24.1. The van der Waals surface area contributed by atoms with Gasteiger partial charge in [-0.15, -0.1) is 0 Å². The van der Waals surface area contributed by atoms with Crippen LogP contribution >= 0.6 is 0 Å². The number of aryl methyl sites for hydroxylation is 2. The zero-order chi connectivity index (χ0) is 24.6. The quantitative estimate of drug-likeness (QED) is 0.430. The predicted molar refractivity (Wildman–Crippen MR) is 129 cm³/mol. The van der Waals surface area contributed by atoms with Crippen LogP contribution in [0.15, 0.2) is 83.8 Å². The summed E-state index contributed by atoms with van der Waals surface area (Å²) in [7, 11) is -4.26. The Morgan fingerprint density at radius 3 is 1.91 bits per heavy atom. The highest BCUT2D eigenvalue weighted by molar-refractivity contribution is 7.89. The molecule has 7 nitrogen and oxygen atoms in total. The van der Waals surface area contributed by atoms with Gasteiger partial charge >= 0.3 is 0 Å². The standard InChI is InChI=1S/C26H28N2O5S/c1-17-9-13-20(14-10-17)23-19(3)26(29)27(34(32,33)22-15-11-18(2)12-16-22)24(25(23)28(30)31)21-7-5-4-6-8-21/h4-16,19,23-26,29H,1-3H3/t19-,23+,24-,25+,26?/m1/s1. The van der Waals surface area contributed by atoms with Crippen molar-refractivity contribution in [2.45, 2.75) is 49.9 Å². The van der Waals surface area contributed by atoms with E-state index in [1.54, 1.807) is 49.4 Å². The van der Waals surface area contributed by atoms with E-state index in [0.717, 1.165) is 15.4 Å². The Labute approximate surface area is 199 Å². The Kier molecular flexibility index (Phi) is 6.58. The number of piperidine rings is 1. The molecule has 1 heterocycles. The van der Waals surface area contributed by atoms with Crippen LogP contribution in [0.5, 0.6) is 0 Å². The largest absolute Gasteiger partial charge is 0.377 e. The summed E-state index contributed by atoms with van der Waals surface area (Å²) in [5.41, 5.74) is 3.05. The molecule has 1 aliphatic rings. The molecule has 1 fully saturated rings. The summed E-state index contributed by atoms with van der Waals surface area (Å²) in [6, 6.07) is 19.7. The smallest absolute Gasteiger partial charge is 0.246 e. The van der Waals surface area contributed by atoms with E-state index < -0.39 is 45.1 Å². The number of sulfonamides is 1. The van der Waals surface area contributed by atoms with E-state index in [-0.39, 0.29) is 4.90 Å². The molecule has 1 aliphatic heterocycles. The topological polar surface area (TPSA) is 101 Å². The van der Waals surface area contributed by atoms with Crippen molar-refractivity contribution in [3.8, 4) is 0 Å². The summed E-state index contributed by atoms with van der Waals surface area (Å²) in [5.74, 6) is -1.42. The second kappa shape index (κ2) is 9.29. The fourth-order valence-electron chi connectivity index (χ4n) is 4.89. The second-order valence-corrected chi connectivity index (χ2v) is 10.8. The van der Waals surface area contributed by atoms with Crippen LogP contribution in [0.3, 0.4) is 0 Å². The molecule has 0 radical (unpaired) electrons. The average Bonchev–Trinajstić information content (AvgIpc) is 2.81. The SMILES string of the molecule is Cc1ccc([C@H]2[C@H]([N+](=O)[O-])[C@@H](c3ccccc3)N(S(=O)(=O)c3ccc(C)cc3)C(O)[C@@H]2C)cc1. The molecule has 0 saturated carbocycles. The van der Waals surface area contributed by atoms with Crippen LogP contribution < -0.4 is 0 Å². The van der Waals surface area contributed by atoms with Crippen molar-refractivity contribution in [1.29, 1.82) is 0 Å². The van der Waals surface area contributed by atoms with E-state index in [1.165, 1.54) is 12.1 Å². The normalized spacial score (nSPS) is 25.7. The van der Waals surface area contributed by atoms with Crippen molar-refractivity contribution in [1.82, 2.24) is 4.31 Å². The third kappa shape index (κ3) is 4.24. The molecule has 0 bridgehead atoms. The molecule has 3 aromatic rings. The summed E-state index contributed by atoms with van der Waals surface area (Å²) < 4.78 is 28.6. The molecular formula is C26H28N2O5S. The molecule has 0 aliphatic carbocycles. The summed E-state index contributed by atoms with van der Waals surface area (Å²) >= 11 is 0. The summed E-state index contributed by atoms with van der Waals surface area (Å²) in [6.45, 7) is 5.44. The van der Waals surface area contributed by atoms with Crippen LogP contribution in [-0.4, -0.2) is 35.0 Å². The highest BCUT2D eigenvalue weighted by Gasteiger charge is 2.58. The minimum atomic E-state index is -4.26. The summed E-state index contributed by atoms with van der Waals surface area (Å²) in [4.78, 5) is 12.2. The van der Waals surface area contributed by atoms with Crippen LogP contribution in [0.4, 0.5) is 0 Å². The first-order valence-electron chi connectivity index (χ1n) is 11.2. The summed E-state index contributed by atoms with van der Waals surface area (Å²) in [6.07, 6.45) is -1.46. The van der Waals surface area contributed by atoms with Gasteiger partial charge in [0, 0.05) is 10.8 Å². The lowest BCUT2D eigenvalue weighted by Crippen LogP contribution is -2.59. The van der Waals surface area contributed by atoms with Gasteiger partial charge in [-0.1, -0.05) is 84.8 Å². The lowest BCUT2D eigenvalue weighted by atomic mass is 9.73. The van der Waals surface area contributed by atoms with Gasteiger partial charge in [-0.2, -0.15) is 4.31 Å². The second-order valence-electron chi connectivity index (χ2n) is 8.99. The van der Waals surface area contributed by atoms with E-state index in [4.69, 9.17) is 0 Å². The van der Waals surface area contributed by atoms with E-state index in [0.29, 0.717) is 11.1 Å². The molecule has 0 spiro atoms. The summed E-state index contributed by atoms with van der Waals surface area (Å²) in [5, 5.41) is 24.0. The Balaban J connectivity index is 1.94. The molecule has 178 valence electrons. The Bertz CT molecular complexity index is 1260. The van der Waals surface area contributed by atoms with Crippen molar-refractivity contribution in [2.24, 2.45) is 5.92 Å². The van der Waals surface area contributed by atoms with Crippen molar-refractivity contribution in [2.75, 3.05) is 0 Å². The maximum Gasteiger partial charge on any atom is 0.246 e. The lowest BCUT2D eigenvalue weighted by molar-refractivity contribution is -0.542. The van der Waals surface area contributed by atoms with Crippen LogP contribution in [0.2, 0.25) is 0 Å². The minimum Gasteiger partial charge on any atom is -0.377 e. The number of nitro groups is 1. The van der Waals surface area contributed by atoms with Gasteiger partial charge in [0.05, 0.1) is 10.8 Å². The highest BCUT2D eigenvalue weighted by atomic mass is 32.2. The van der Waals surface area contributed by atoms with Gasteiger partial charge < -0.3 is 5.11 Å². The lowest BCUT2D eigenvalue weighted by Gasteiger charge is -2.47. The van der Waals surface area contributed by atoms with E-state index in [2.05, 4.69) is 0 Å². The number of rotatable bonds is 5. The molecule has 5 atom stereocenters. The van der Waals surface area contributed by atoms with Gasteiger partial charge in [-0.05, 0) is 37.1 Å². The zero-order valence-corrected chi connectivity index (χ0v) is 20.1. The molecule has 8 heteroatoms. The average molecular weight is 481 g/mol. The number of aliphatic hydroxyl groups excluding tert-OH is 1. The molecule has 1 N–H and O–H groups in total. The van der Waals surface area contributed by atoms with Gasteiger partial charge in [0.2, 0.25) is 16.1 Å². The van der Waals surface area contributed by atoms with Gasteiger partial charge in [-0.25, -0.2) is 8.42 Å². The first-order chi connectivity index (χ1) is 16.1. The van der Waals surface area contributed by atoms with Crippen molar-refractivity contribution in [3.63, 3.8) is 0 Å². The molecule has 0 aromatic heterocycles. The minimum absolute atomic E-state index is 0.0128. The zero-order valence-electron chi connectivity index (χ0n) is 19.3. The molecule has 3 aromatic carbocycles. The van der Waals surface area contributed by atoms with Crippen LogP contribution in [-0.2, 0) is 10.0 Å². The fourth-order valence-corrected chi connectivity index (χ4v) is 6.64. The van der Waals surface area contributed by atoms with Gasteiger partial charge in [-0.3, -0.25) is 10.1 Å². The predicted octanol–water partition coefficient (Wildman–Crippen LogP) is 4.43. The number of hydrogen-bond acceptors (Lipinski definition) is 5. The van der Waals surface area contributed by atoms with E-state index >= 15 is 0 Å². The third-order valence-electron chi connectivity index (χ3n) is 6.71. The van der Waals surface area contributed by atoms with Crippen molar-refractivity contribution in [3.05, 3.63) is 111 Å². The molecule has 1 unspecified atom stereocenters. The van der Waals surface area contributed by atoms with E-state index in [9.17, 15) is 23.6 Å². The Morgan fingerprint density at radius 1 is 0.853 bits per heavy atom. The van der Waals surface area contributed by atoms with Crippen molar-refractivity contribution < 1.29 is 18.4 Å². The maximum absolute atomic E-state index is 13.8. The van der Waals surface area contributed by atoms with E-state index in [1.807, 2.05) is 38.1 Å². The van der Waals surface area contributed by atoms with Gasteiger partial charge in [0.1, 0.15) is 12.3 Å². The number of aliphatic hydroxyl groups is 1. The first-order valence-corrected chi connectivity index (χ1v) is 12.6. The van der Waals surface area contributed by atoms with Crippen LogP contribution in [0, 0.1) is 29.9 Å². The number of hydrogen-bond donors (Lipinski definition) is 1. The van der Waals surface area contributed by atoms with Crippen molar-refractivity contribution >= 4 is 10.0 Å². The molecule has 4 rings (SSSR count). The van der Waals surface area contributed by atoms with Crippen LogP contribution in [0.1, 0.15) is 41.1 Å². The maximum atomic E-state index is 13.8. The fraction of sp³-hybridized carbons (Fsp3) is 0.308. The Hall–Kier alpha value is -3.07. The third-order valence-corrected chi connectivity index (χ3v) is 8.57. The van der Waals surface area contributed by atoms with Gasteiger partial charge in [0.15, 0.2) is 0 Å². The highest BCUT2D eigenvalue weighted by Crippen LogP contribution is 2.48. The van der Waals surface area contributed by atoms with Gasteiger partial charge in [0.25, 0.3) is 0 Å². The number of nitrogens with zero attached hydrogens (tertiary/aromatic N) is 2. The van der Waals surface area contributed by atoms with Crippen LogP contribution in [0.25, 0.3) is 0 Å². The molecule has 0 amide bonds.